The van der Waals surface area contributed by atoms with E-state index in [4.69, 9.17) is 0 Å². The van der Waals surface area contributed by atoms with Crippen LogP contribution in [-0.2, 0) is 0 Å². The van der Waals surface area contributed by atoms with Crippen LogP contribution in [-0.4, -0.2) is 10.2 Å². The first-order valence-electron chi connectivity index (χ1n) is 8.49. The van der Waals surface area contributed by atoms with Crippen LogP contribution in [0.5, 0.6) is 11.5 Å². The second-order valence-corrected chi connectivity index (χ2v) is 6.18. The van der Waals surface area contributed by atoms with Crippen LogP contribution in [0.3, 0.4) is 0 Å². The Morgan fingerprint density at radius 3 is 1.00 bits per heavy atom. The van der Waals surface area contributed by atoms with Crippen LogP contribution in [0, 0.1) is 0 Å². The molecule has 0 radical (unpaired) electrons. The molecule has 0 atom stereocenters. The van der Waals surface area contributed by atoms with Crippen LogP contribution >= 0.6 is 0 Å². The quantitative estimate of drug-likeness (QED) is 0.474. The Kier molecular flexibility index (Phi) is 4.16. The van der Waals surface area contributed by atoms with Crippen LogP contribution < -0.4 is 0 Å². The number of phenols is 2. The summed E-state index contributed by atoms with van der Waals surface area (Å²) in [5.74, 6) is 0.520. The van der Waals surface area contributed by atoms with Crippen LogP contribution in [0.15, 0.2) is 97.1 Å². The van der Waals surface area contributed by atoms with Crippen molar-refractivity contribution in [3.8, 4) is 44.9 Å². The van der Waals surface area contributed by atoms with Gasteiger partial charge >= 0.3 is 0 Å². The van der Waals surface area contributed by atoms with E-state index in [2.05, 4.69) is 24.3 Å². The maximum Gasteiger partial charge on any atom is 0.115 e. The van der Waals surface area contributed by atoms with Crippen molar-refractivity contribution in [1.29, 1.82) is 0 Å². The molecule has 2 nitrogen and oxygen atoms in total. The molecule has 4 aromatic rings. The summed E-state index contributed by atoms with van der Waals surface area (Å²) in [6.07, 6.45) is 0. The highest BCUT2D eigenvalue weighted by molar-refractivity contribution is 5.91. The van der Waals surface area contributed by atoms with Gasteiger partial charge in [0.25, 0.3) is 0 Å². The van der Waals surface area contributed by atoms with Crippen molar-refractivity contribution in [3.05, 3.63) is 97.1 Å². The fraction of sp³-hybridized carbons (Fsp3) is 0. The maximum atomic E-state index is 9.58. The lowest BCUT2D eigenvalue weighted by Gasteiger charge is -2.15. The van der Waals surface area contributed by atoms with E-state index in [-0.39, 0.29) is 11.5 Å². The van der Waals surface area contributed by atoms with Crippen molar-refractivity contribution >= 4 is 0 Å². The second-order valence-electron chi connectivity index (χ2n) is 6.18. The summed E-state index contributed by atoms with van der Waals surface area (Å²) >= 11 is 0. The molecule has 0 saturated carbocycles. The van der Waals surface area contributed by atoms with Crippen LogP contribution in [0.1, 0.15) is 0 Å². The van der Waals surface area contributed by atoms with Crippen molar-refractivity contribution < 1.29 is 10.2 Å². The molecule has 0 spiro atoms. The zero-order chi connectivity index (χ0) is 17.9. The molecule has 0 amide bonds. The number of benzene rings is 4. The van der Waals surface area contributed by atoms with E-state index in [0.717, 1.165) is 33.4 Å². The Morgan fingerprint density at radius 2 is 0.654 bits per heavy atom. The molecule has 0 aliphatic heterocycles. The Labute approximate surface area is 152 Å². The van der Waals surface area contributed by atoms with Crippen molar-refractivity contribution in [2.45, 2.75) is 0 Å². The average molecular weight is 338 g/mol. The number of hydrogen-bond donors (Lipinski definition) is 2. The van der Waals surface area contributed by atoms with Gasteiger partial charge in [-0.25, -0.2) is 0 Å². The molecular formula is C24H18O2. The zero-order valence-corrected chi connectivity index (χ0v) is 14.1. The Bertz CT molecular complexity index is 945. The summed E-state index contributed by atoms with van der Waals surface area (Å²) in [7, 11) is 0. The van der Waals surface area contributed by atoms with Gasteiger partial charge in [-0.2, -0.15) is 0 Å². The van der Waals surface area contributed by atoms with E-state index in [0.29, 0.717) is 0 Å². The first-order valence-corrected chi connectivity index (χ1v) is 8.49. The first kappa shape index (κ1) is 16.0. The predicted molar refractivity (Wildman–Crippen MR) is 106 cm³/mol. The molecule has 0 aliphatic rings. The summed E-state index contributed by atoms with van der Waals surface area (Å²) in [6, 6.07) is 31.1. The summed E-state index contributed by atoms with van der Waals surface area (Å²) in [6.45, 7) is 0. The van der Waals surface area contributed by atoms with E-state index < -0.39 is 0 Å². The average Bonchev–Trinajstić information content (AvgIpc) is 2.69. The third kappa shape index (κ3) is 3.05. The smallest absolute Gasteiger partial charge is 0.115 e. The SMILES string of the molecule is Oc1ccc(-c2ccccc2-c2ccccc2-c2ccc(O)cc2)cc1. The molecule has 0 aliphatic carbocycles. The molecule has 0 heterocycles. The van der Waals surface area contributed by atoms with E-state index in [1.54, 1.807) is 24.3 Å². The van der Waals surface area contributed by atoms with Crippen LogP contribution in [0.2, 0.25) is 0 Å². The van der Waals surface area contributed by atoms with E-state index in [1.807, 2.05) is 48.5 Å². The lowest BCUT2D eigenvalue weighted by molar-refractivity contribution is 0.475. The fourth-order valence-corrected chi connectivity index (χ4v) is 3.22. The number of aromatic hydroxyl groups is 2. The highest BCUT2D eigenvalue weighted by Crippen LogP contribution is 2.38. The minimum absolute atomic E-state index is 0.260. The highest BCUT2D eigenvalue weighted by Gasteiger charge is 2.12. The lowest BCUT2D eigenvalue weighted by atomic mass is 9.89. The molecule has 0 saturated heterocycles. The molecule has 0 aromatic heterocycles. The summed E-state index contributed by atoms with van der Waals surface area (Å²) in [4.78, 5) is 0. The van der Waals surface area contributed by atoms with Gasteiger partial charge in [0.15, 0.2) is 0 Å². The normalized spacial score (nSPS) is 10.6. The fourth-order valence-electron chi connectivity index (χ4n) is 3.22. The van der Waals surface area contributed by atoms with Crippen molar-refractivity contribution in [2.75, 3.05) is 0 Å². The minimum atomic E-state index is 0.260. The first-order chi connectivity index (χ1) is 12.7. The Morgan fingerprint density at radius 1 is 0.346 bits per heavy atom. The lowest BCUT2D eigenvalue weighted by Crippen LogP contribution is -1.88. The summed E-state index contributed by atoms with van der Waals surface area (Å²) in [5.41, 5.74) is 6.58. The zero-order valence-electron chi connectivity index (χ0n) is 14.1. The third-order valence-corrected chi connectivity index (χ3v) is 4.50. The van der Waals surface area contributed by atoms with E-state index in [9.17, 15) is 10.2 Å². The molecule has 2 N–H and O–H groups in total. The molecule has 4 aromatic carbocycles. The van der Waals surface area contributed by atoms with Crippen molar-refractivity contribution in [3.63, 3.8) is 0 Å². The number of phenolic OH excluding ortho intramolecular Hbond substituents is 2. The standard InChI is InChI=1S/C24H18O2/c25-19-13-9-17(10-14-19)21-5-1-3-7-23(21)24-8-4-2-6-22(24)18-11-15-20(26)16-12-18/h1-16,25-26H. The second kappa shape index (κ2) is 6.77. The number of rotatable bonds is 3. The number of hydrogen-bond acceptors (Lipinski definition) is 2. The molecular weight excluding hydrogens is 320 g/mol. The Hall–Kier alpha value is -3.52. The molecule has 0 bridgehead atoms. The van der Waals surface area contributed by atoms with Gasteiger partial charge < -0.3 is 10.2 Å². The molecule has 0 unspecified atom stereocenters. The van der Waals surface area contributed by atoms with Crippen LogP contribution in [0.4, 0.5) is 0 Å². The van der Waals surface area contributed by atoms with Gasteiger partial charge in [0, 0.05) is 0 Å². The van der Waals surface area contributed by atoms with Crippen LogP contribution in [0.25, 0.3) is 33.4 Å². The van der Waals surface area contributed by atoms with Gasteiger partial charge in [-0.3, -0.25) is 0 Å². The van der Waals surface area contributed by atoms with E-state index in [1.165, 1.54) is 0 Å². The summed E-state index contributed by atoms with van der Waals surface area (Å²) in [5, 5.41) is 19.2. The maximum absolute atomic E-state index is 9.58. The van der Waals surface area contributed by atoms with Crippen molar-refractivity contribution in [2.24, 2.45) is 0 Å². The van der Waals surface area contributed by atoms with Gasteiger partial charge in [-0.05, 0) is 57.6 Å². The molecule has 0 fully saturated rings. The summed E-state index contributed by atoms with van der Waals surface area (Å²) < 4.78 is 0. The predicted octanol–water partition coefficient (Wildman–Crippen LogP) is 6.10. The van der Waals surface area contributed by atoms with Crippen molar-refractivity contribution in [1.82, 2.24) is 0 Å². The minimum Gasteiger partial charge on any atom is -0.508 e. The monoisotopic (exact) mass is 338 g/mol. The molecule has 126 valence electrons. The van der Waals surface area contributed by atoms with Gasteiger partial charge in [0.2, 0.25) is 0 Å². The largest absolute Gasteiger partial charge is 0.508 e. The molecule has 26 heavy (non-hydrogen) atoms. The van der Waals surface area contributed by atoms with E-state index >= 15 is 0 Å². The molecule has 4 rings (SSSR count). The van der Waals surface area contributed by atoms with Gasteiger partial charge in [-0.15, -0.1) is 0 Å². The third-order valence-electron chi connectivity index (χ3n) is 4.50. The highest BCUT2D eigenvalue weighted by atomic mass is 16.3. The van der Waals surface area contributed by atoms with Gasteiger partial charge in [0.1, 0.15) is 11.5 Å². The topological polar surface area (TPSA) is 40.5 Å². The van der Waals surface area contributed by atoms with Gasteiger partial charge in [-0.1, -0.05) is 72.8 Å². The molecule has 2 heteroatoms. The Balaban J connectivity index is 1.90. The van der Waals surface area contributed by atoms with Gasteiger partial charge in [0.05, 0.1) is 0 Å².